The lowest BCUT2D eigenvalue weighted by Crippen LogP contribution is -2.59. The van der Waals surface area contributed by atoms with Gasteiger partial charge in [-0.15, -0.1) is 0 Å². The molecule has 1 aromatic carbocycles. The second-order valence-corrected chi connectivity index (χ2v) is 7.93. The molecule has 162 valence electrons. The van der Waals surface area contributed by atoms with E-state index < -0.39 is 17.5 Å². The zero-order valence-electron chi connectivity index (χ0n) is 16.5. The Morgan fingerprint density at radius 1 is 1.27 bits per heavy atom. The Labute approximate surface area is 178 Å². The third-order valence-corrected chi connectivity index (χ3v) is 5.69. The number of carbonyl (C=O) groups is 2. The van der Waals surface area contributed by atoms with E-state index in [0.29, 0.717) is 48.9 Å². The second-order valence-electron chi connectivity index (χ2n) is 7.49. The Balaban J connectivity index is 0.000000589. The van der Waals surface area contributed by atoms with Gasteiger partial charge in [-0.05, 0) is 43.7 Å². The van der Waals surface area contributed by atoms with E-state index in [0.717, 1.165) is 13.5 Å². The maximum Gasteiger partial charge on any atom is 0.343 e. The van der Waals surface area contributed by atoms with Gasteiger partial charge in [0.05, 0.1) is 5.60 Å². The van der Waals surface area contributed by atoms with E-state index in [1.54, 1.807) is 24.3 Å². The number of anilines is 1. The first-order chi connectivity index (χ1) is 14.2. The van der Waals surface area contributed by atoms with E-state index in [9.17, 15) is 15.0 Å². The van der Waals surface area contributed by atoms with Gasteiger partial charge in [0.15, 0.2) is 17.1 Å². The van der Waals surface area contributed by atoms with Crippen LogP contribution in [0.4, 0.5) is 5.82 Å². The lowest BCUT2D eigenvalue weighted by atomic mass is 9.76. The highest BCUT2D eigenvalue weighted by atomic mass is 35.5. The minimum atomic E-state index is -1.09. The molecule has 30 heavy (non-hydrogen) atoms. The fraction of sp³-hybridized carbons (Fsp3) is 0.450. The SMILES string of the molecule is CC(=O)O.O=C(O)c1c(N2CC[C@@]3(O)CCNC[C@H]3C2)noc1-c1ccc(Cl)cc1. The van der Waals surface area contributed by atoms with Gasteiger partial charge < -0.3 is 30.1 Å². The smallest absolute Gasteiger partial charge is 0.343 e. The highest BCUT2D eigenvalue weighted by Crippen LogP contribution is 2.38. The predicted octanol–water partition coefficient (Wildman–Crippen LogP) is 2.33. The number of aliphatic hydroxyl groups is 1. The Bertz CT molecular complexity index is 912. The highest BCUT2D eigenvalue weighted by molar-refractivity contribution is 6.30. The van der Waals surface area contributed by atoms with E-state index in [4.69, 9.17) is 26.0 Å². The molecule has 9 nitrogen and oxygen atoms in total. The van der Waals surface area contributed by atoms with Crippen molar-refractivity contribution in [2.45, 2.75) is 25.4 Å². The molecule has 10 heteroatoms. The Hall–Kier alpha value is -2.62. The van der Waals surface area contributed by atoms with Crippen LogP contribution in [0.3, 0.4) is 0 Å². The van der Waals surface area contributed by atoms with Crippen LogP contribution in [0.25, 0.3) is 11.3 Å². The monoisotopic (exact) mass is 437 g/mol. The number of halogens is 1. The lowest BCUT2D eigenvalue weighted by Gasteiger charge is -2.47. The number of nitrogens with one attached hydrogen (secondary N) is 1. The van der Waals surface area contributed by atoms with Crippen LogP contribution in [0, 0.1) is 5.92 Å². The number of piperidine rings is 2. The van der Waals surface area contributed by atoms with Crippen molar-refractivity contribution in [1.82, 2.24) is 10.5 Å². The molecule has 2 fully saturated rings. The molecule has 2 aliphatic heterocycles. The Kier molecular flexibility index (Phi) is 6.64. The quantitative estimate of drug-likeness (QED) is 0.570. The van der Waals surface area contributed by atoms with Gasteiger partial charge in [0.1, 0.15) is 0 Å². The number of carboxylic acids is 2. The first-order valence-electron chi connectivity index (χ1n) is 9.58. The van der Waals surface area contributed by atoms with Gasteiger partial charge in [-0.3, -0.25) is 4.79 Å². The maximum absolute atomic E-state index is 11.9. The summed E-state index contributed by atoms with van der Waals surface area (Å²) < 4.78 is 5.40. The average Bonchev–Trinajstić information content (AvgIpc) is 3.13. The number of benzene rings is 1. The van der Waals surface area contributed by atoms with Gasteiger partial charge in [0.2, 0.25) is 0 Å². The number of carboxylic acid groups (broad SMARTS) is 2. The van der Waals surface area contributed by atoms with E-state index >= 15 is 0 Å². The summed E-state index contributed by atoms with van der Waals surface area (Å²) in [7, 11) is 0. The molecule has 1 aromatic heterocycles. The number of aliphatic carboxylic acids is 1. The molecule has 2 saturated heterocycles. The zero-order valence-corrected chi connectivity index (χ0v) is 17.2. The van der Waals surface area contributed by atoms with Crippen LogP contribution >= 0.6 is 11.6 Å². The molecule has 0 radical (unpaired) electrons. The fourth-order valence-corrected chi connectivity index (χ4v) is 4.03. The largest absolute Gasteiger partial charge is 0.481 e. The molecule has 0 spiro atoms. The Morgan fingerprint density at radius 2 is 1.93 bits per heavy atom. The molecule has 2 atom stereocenters. The summed E-state index contributed by atoms with van der Waals surface area (Å²) in [4.78, 5) is 22.8. The summed E-state index contributed by atoms with van der Waals surface area (Å²) in [5, 5.41) is 35.9. The van der Waals surface area contributed by atoms with Crippen LogP contribution in [-0.2, 0) is 4.79 Å². The number of fused-ring (bicyclic) bond motifs is 1. The predicted molar refractivity (Wildman–Crippen MR) is 110 cm³/mol. The van der Waals surface area contributed by atoms with Crippen molar-refractivity contribution >= 4 is 29.4 Å². The van der Waals surface area contributed by atoms with Crippen molar-refractivity contribution in [2.75, 3.05) is 31.1 Å². The van der Waals surface area contributed by atoms with Crippen molar-refractivity contribution in [3.05, 3.63) is 34.9 Å². The van der Waals surface area contributed by atoms with Crippen LogP contribution in [0.2, 0.25) is 5.02 Å². The molecular weight excluding hydrogens is 414 g/mol. The minimum Gasteiger partial charge on any atom is -0.481 e. The molecule has 4 rings (SSSR count). The van der Waals surface area contributed by atoms with Crippen molar-refractivity contribution < 1.29 is 29.4 Å². The van der Waals surface area contributed by atoms with Crippen LogP contribution in [0.1, 0.15) is 30.1 Å². The van der Waals surface area contributed by atoms with E-state index in [1.165, 1.54) is 0 Å². The number of hydrogen-bond donors (Lipinski definition) is 4. The average molecular weight is 438 g/mol. The topological polar surface area (TPSA) is 136 Å². The summed E-state index contributed by atoms with van der Waals surface area (Å²) in [6, 6.07) is 6.77. The molecule has 2 aromatic rings. The highest BCUT2D eigenvalue weighted by Gasteiger charge is 2.44. The normalized spacial score (nSPS) is 23.2. The van der Waals surface area contributed by atoms with Crippen LogP contribution < -0.4 is 10.2 Å². The summed E-state index contributed by atoms with van der Waals surface area (Å²) in [5.41, 5.74) is -0.0339. The summed E-state index contributed by atoms with van der Waals surface area (Å²) in [5.74, 6) is -1.36. The number of aromatic carboxylic acids is 1. The van der Waals surface area contributed by atoms with E-state index in [2.05, 4.69) is 10.5 Å². The summed E-state index contributed by atoms with van der Waals surface area (Å²) >= 11 is 5.91. The molecular formula is C20H24ClN3O6. The summed E-state index contributed by atoms with van der Waals surface area (Å²) in [6.07, 6.45) is 1.30. The van der Waals surface area contributed by atoms with Gasteiger partial charge in [-0.25, -0.2) is 4.79 Å². The third-order valence-electron chi connectivity index (χ3n) is 5.43. The van der Waals surface area contributed by atoms with Crippen molar-refractivity contribution in [3.8, 4) is 11.3 Å². The van der Waals surface area contributed by atoms with Crippen LogP contribution in [-0.4, -0.2) is 64.2 Å². The first kappa shape index (κ1) is 22.1. The molecule has 0 saturated carbocycles. The van der Waals surface area contributed by atoms with E-state index in [-0.39, 0.29) is 17.2 Å². The number of aromatic nitrogens is 1. The number of rotatable bonds is 3. The van der Waals surface area contributed by atoms with Crippen LogP contribution in [0.5, 0.6) is 0 Å². The van der Waals surface area contributed by atoms with Crippen molar-refractivity contribution in [3.63, 3.8) is 0 Å². The third kappa shape index (κ3) is 4.75. The Morgan fingerprint density at radius 3 is 2.57 bits per heavy atom. The molecule has 0 aliphatic carbocycles. The number of nitrogens with zero attached hydrogens (tertiary/aromatic N) is 2. The first-order valence-corrected chi connectivity index (χ1v) is 9.95. The fourth-order valence-electron chi connectivity index (χ4n) is 3.91. The van der Waals surface area contributed by atoms with Gasteiger partial charge in [0.25, 0.3) is 5.97 Å². The standard InChI is InChI=1S/C18H20ClN3O4.C2H4O2/c19-13-3-1-11(2-4-13)15-14(17(23)24)16(21-26-15)22-8-6-18(25)5-7-20-9-12(18)10-22;1-2(3)4/h1-4,12,20,25H,5-10H2,(H,23,24);1H3,(H,3,4)/t12-,18-;/m0./s1. The van der Waals surface area contributed by atoms with Crippen LogP contribution in [0.15, 0.2) is 28.8 Å². The molecule has 4 N–H and O–H groups in total. The van der Waals surface area contributed by atoms with Gasteiger partial charge in [0, 0.05) is 43.1 Å². The summed E-state index contributed by atoms with van der Waals surface area (Å²) in [6.45, 7) is 3.67. The molecule has 0 amide bonds. The zero-order chi connectivity index (χ0) is 21.9. The maximum atomic E-state index is 11.9. The second kappa shape index (κ2) is 9.03. The molecule has 2 aliphatic rings. The molecule has 0 bridgehead atoms. The van der Waals surface area contributed by atoms with E-state index in [1.807, 2.05) is 4.90 Å². The van der Waals surface area contributed by atoms with Crippen molar-refractivity contribution in [1.29, 1.82) is 0 Å². The number of hydrogen-bond acceptors (Lipinski definition) is 7. The molecule has 3 heterocycles. The van der Waals surface area contributed by atoms with Gasteiger partial charge in [-0.1, -0.05) is 16.8 Å². The lowest BCUT2D eigenvalue weighted by molar-refractivity contribution is -0.134. The molecule has 0 unspecified atom stereocenters. The van der Waals surface area contributed by atoms with Gasteiger partial charge in [-0.2, -0.15) is 0 Å². The van der Waals surface area contributed by atoms with Crippen molar-refractivity contribution in [2.24, 2.45) is 5.92 Å². The van der Waals surface area contributed by atoms with Gasteiger partial charge >= 0.3 is 5.97 Å². The minimum absolute atomic E-state index is 0.0299.